The van der Waals surface area contributed by atoms with Crippen molar-refractivity contribution >= 4 is 17.5 Å². The van der Waals surface area contributed by atoms with Gasteiger partial charge in [0, 0.05) is 11.3 Å². The van der Waals surface area contributed by atoms with Crippen molar-refractivity contribution in [2.75, 3.05) is 0 Å². The van der Waals surface area contributed by atoms with Gasteiger partial charge < -0.3 is 0 Å². The molecule has 0 bridgehead atoms. The molecule has 3 aromatic rings. The second kappa shape index (κ2) is 7.46. The molecule has 0 aliphatic rings. The quantitative estimate of drug-likeness (QED) is 0.478. The lowest BCUT2D eigenvalue weighted by atomic mass is 10.0. The molecule has 0 saturated carbocycles. The Kier molecular flexibility index (Phi) is 5.28. The molecule has 5 heteroatoms. The van der Waals surface area contributed by atoms with Crippen molar-refractivity contribution in [3.63, 3.8) is 0 Å². The number of carbonyl (C=O) groups excluding carboxylic acids is 1. The fourth-order valence-corrected chi connectivity index (χ4v) is 3.74. The molecule has 0 saturated heterocycles. The van der Waals surface area contributed by atoms with Crippen LogP contribution in [-0.4, -0.2) is 25.8 Å². The summed E-state index contributed by atoms with van der Waals surface area (Å²) in [4.78, 5) is 12.8. The van der Waals surface area contributed by atoms with Crippen LogP contribution in [0, 0.1) is 27.7 Å². The number of benzene rings is 2. The number of Topliss-reactive ketones (excluding diaryl/α,β-unsaturated/α-hetero) is 1. The predicted molar refractivity (Wildman–Crippen MR) is 106 cm³/mol. The van der Waals surface area contributed by atoms with Crippen LogP contribution in [0.1, 0.15) is 39.8 Å². The summed E-state index contributed by atoms with van der Waals surface area (Å²) >= 11 is 1.44. The van der Waals surface area contributed by atoms with E-state index < -0.39 is 0 Å². The maximum atomic E-state index is 12.8. The fraction of sp³-hybridized carbons (Fsp3) is 0.286. The Hall–Kier alpha value is -2.40. The van der Waals surface area contributed by atoms with E-state index in [2.05, 4.69) is 36.2 Å². The molecule has 0 fully saturated rings. The lowest BCUT2D eigenvalue weighted by molar-refractivity contribution is 0.0993. The first-order chi connectivity index (χ1) is 12.4. The Morgan fingerprint density at radius 2 is 1.65 bits per heavy atom. The van der Waals surface area contributed by atoms with Gasteiger partial charge in [-0.25, -0.2) is 0 Å². The number of rotatable bonds is 5. The van der Waals surface area contributed by atoms with Crippen LogP contribution >= 0.6 is 11.8 Å². The topological polar surface area (TPSA) is 47.8 Å². The van der Waals surface area contributed by atoms with Crippen molar-refractivity contribution in [2.24, 2.45) is 0 Å². The molecule has 26 heavy (non-hydrogen) atoms. The summed E-state index contributed by atoms with van der Waals surface area (Å²) in [5.41, 5.74) is 5.27. The molecule has 4 nitrogen and oxygen atoms in total. The Morgan fingerprint density at radius 1 is 0.962 bits per heavy atom. The van der Waals surface area contributed by atoms with Crippen molar-refractivity contribution < 1.29 is 4.79 Å². The Morgan fingerprint density at radius 3 is 2.31 bits per heavy atom. The van der Waals surface area contributed by atoms with Gasteiger partial charge in [0.1, 0.15) is 5.82 Å². The average Bonchev–Trinajstić information content (AvgIpc) is 2.98. The zero-order chi connectivity index (χ0) is 18.8. The molecule has 0 aliphatic carbocycles. The Bertz CT molecular complexity index is 944. The number of aryl methyl sites for hydroxylation is 4. The Labute approximate surface area is 158 Å². The molecule has 1 heterocycles. The van der Waals surface area contributed by atoms with Crippen LogP contribution in [0.25, 0.3) is 5.69 Å². The highest BCUT2D eigenvalue weighted by Crippen LogP contribution is 2.28. The SMILES string of the molecule is Cc1ccc(-n2c(C)nnc2S[C@H](C)C(=O)c2ccc(C)c(C)c2)cc1. The van der Waals surface area contributed by atoms with Crippen LogP contribution in [0.2, 0.25) is 0 Å². The van der Waals surface area contributed by atoms with Crippen molar-refractivity contribution in [1.29, 1.82) is 0 Å². The third kappa shape index (κ3) is 3.73. The fourth-order valence-electron chi connectivity index (χ4n) is 2.75. The van der Waals surface area contributed by atoms with E-state index in [0.29, 0.717) is 0 Å². The number of carbonyl (C=O) groups is 1. The molecule has 2 aromatic carbocycles. The average molecular weight is 366 g/mol. The van der Waals surface area contributed by atoms with Gasteiger partial charge in [-0.1, -0.05) is 41.6 Å². The highest BCUT2D eigenvalue weighted by Gasteiger charge is 2.21. The molecule has 134 valence electrons. The molecule has 0 aliphatic heterocycles. The summed E-state index contributed by atoms with van der Waals surface area (Å²) in [6, 6.07) is 14.1. The minimum atomic E-state index is -0.245. The molecule has 0 unspecified atom stereocenters. The first-order valence-electron chi connectivity index (χ1n) is 8.64. The van der Waals surface area contributed by atoms with Crippen LogP contribution in [0.5, 0.6) is 0 Å². The van der Waals surface area contributed by atoms with Gasteiger partial charge in [-0.15, -0.1) is 10.2 Å². The van der Waals surface area contributed by atoms with Crippen molar-refractivity contribution in [3.05, 3.63) is 70.5 Å². The smallest absolute Gasteiger partial charge is 0.196 e. The monoisotopic (exact) mass is 365 g/mol. The molecule has 0 spiro atoms. The van der Waals surface area contributed by atoms with Gasteiger partial charge in [0.15, 0.2) is 10.9 Å². The number of nitrogens with zero attached hydrogens (tertiary/aromatic N) is 3. The second-order valence-electron chi connectivity index (χ2n) is 6.62. The number of hydrogen-bond donors (Lipinski definition) is 0. The number of aromatic nitrogens is 3. The third-order valence-corrected chi connectivity index (χ3v) is 5.57. The van der Waals surface area contributed by atoms with Crippen LogP contribution in [0.15, 0.2) is 47.6 Å². The van der Waals surface area contributed by atoms with Gasteiger partial charge >= 0.3 is 0 Å². The van der Waals surface area contributed by atoms with Gasteiger partial charge in [0.2, 0.25) is 0 Å². The van der Waals surface area contributed by atoms with Gasteiger partial charge in [-0.2, -0.15) is 0 Å². The van der Waals surface area contributed by atoms with Crippen molar-refractivity contribution in [2.45, 2.75) is 45.0 Å². The summed E-state index contributed by atoms with van der Waals surface area (Å²) in [6.45, 7) is 9.98. The zero-order valence-electron chi connectivity index (χ0n) is 15.8. The van der Waals surface area contributed by atoms with E-state index in [-0.39, 0.29) is 11.0 Å². The number of hydrogen-bond acceptors (Lipinski definition) is 4. The normalized spacial score (nSPS) is 12.2. The summed E-state index contributed by atoms with van der Waals surface area (Å²) in [5, 5.41) is 8.98. The van der Waals surface area contributed by atoms with E-state index >= 15 is 0 Å². The second-order valence-corrected chi connectivity index (χ2v) is 7.93. The standard InChI is InChI=1S/C21H23N3OS/c1-13-6-10-19(11-7-13)24-17(5)22-23-21(24)26-16(4)20(25)18-9-8-14(2)15(3)12-18/h6-12,16H,1-5H3/t16-/m1/s1. The minimum Gasteiger partial charge on any atom is -0.293 e. The van der Waals surface area contributed by atoms with E-state index in [9.17, 15) is 4.79 Å². The lowest BCUT2D eigenvalue weighted by Gasteiger charge is -2.13. The minimum absolute atomic E-state index is 0.106. The third-order valence-electron chi connectivity index (χ3n) is 4.53. The summed E-state index contributed by atoms with van der Waals surface area (Å²) in [5.74, 6) is 0.913. The van der Waals surface area contributed by atoms with E-state index in [1.807, 2.05) is 55.7 Å². The molecule has 0 N–H and O–H groups in total. The van der Waals surface area contributed by atoms with Crippen LogP contribution in [0.3, 0.4) is 0 Å². The van der Waals surface area contributed by atoms with Crippen molar-refractivity contribution in [1.82, 2.24) is 14.8 Å². The molecule has 1 atom stereocenters. The zero-order valence-corrected chi connectivity index (χ0v) is 16.6. The van der Waals surface area contributed by atoms with E-state index in [1.54, 1.807) is 0 Å². The molecule has 0 amide bonds. The number of thioether (sulfide) groups is 1. The molecule has 1 aromatic heterocycles. The molecular formula is C21H23N3OS. The predicted octanol–water partition coefficient (Wildman–Crippen LogP) is 4.86. The van der Waals surface area contributed by atoms with Crippen LogP contribution in [0.4, 0.5) is 0 Å². The maximum absolute atomic E-state index is 12.8. The van der Waals surface area contributed by atoms with E-state index in [1.165, 1.54) is 22.9 Å². The Balaban J connectivity index is 1.86. The molecular weight excluding hydrogens is 342 g/mol. The summed E-state index contributed by atoms with van der Waals surface area (Å²) < 4.78 is 1.99. The van der Waals surface area contributed by atoms with E-state index in [0.717, 1.165) is 27.8 Å². The highest BCUT2D eigenvalue weighted by atomic mass is 32.2. The molecule has 0 radical (unpaired) electrons. The lowest BCUT2D eigenvalue weighted by Crippen LogP contribution is -2.15. The summed E-state index contributed by atoms with van der Waals surface area (Å²) in [6.07, 6.45) is 0. The van der Waals surface area contributed by atoms with Crippen LogP contribution in [-0.2, 0) is 0 Å². The van der Waals surface area contributed by atoms with Crippen LogP contribution < -0.4 is 0 Å². The van der Waals surface area contributed by atoms with Gasteiger partial charge in [-0.3, -0.25) is 9.36 Å². The first kappa shape index (κ1) is 18.4. The highest BCUT2D eigenvalue weighted by molar-refractivity contribution is 8.00. The largest absolute Gasteiger partial charge is 0.293 e. The first-order valence-corrected chi connectivity index (χ1v) is 9.52. The summed E-state index contributed by atoms with van der Waals surface area (Å²) in [7, 11) is 0. The van der Waals surface area contributed by atoms with Gasteiger partial charge in [0.05, 0.1) is 5.25 Å². The van der Waals surface area contributed by atoms with Gasteiger partial charge in [0.25, 0.3) is 0 Å². The number of ketones is 1. The maximum Gasteiger partial charge on any atom is 0.196 e. The van der Waals surface area contributed by atoms with E-state index in [4.69, 9.17) is 0 Å². The van der Waals surface area contributed by atoms with Gasteiger partial charge in [-0.05, 0) is 63.9 Å². The van der Waals surface area contributed by atoms with Crippen molar-refractivity contribution in [3.8, 4) is 5.69 Å². The molecule has 3 rings (SSSR count).